The van der Waals surface area contributed by atoms with E-state index in [1.54, 1.807) is 30.6 Å². The molecule has 1 amide bonds. The Balaban J connectivity index is 2.46. The van der Waals surface area contributed by atoms with Gasteiger partial charge in [-0.1, -0.05) is 0 Å². The zero-order valence-electron chi connectivity index (χ0n) is 7.79. The molecular formula is C10H8N4O. The van der Waals surface area contributed by atoms with Gasteiger partial charge in [0, 0.05) is 24.2 Å². The monoisotopic (exact) mass is 200 g/mol. The van der Waals surface area contributed by atoms with Crippen LogP contribution in [0.4, 0.5) is 0 Å². The molecule has 2 N–H and O–H groups in total. The summed E-state index contributed by atoms with van der Waals surface area (Å²) in [5.41, 5.74) is 6.89. The average molecular weight is 200 g/mol. The van der Waals surface area contributed by atoms with Crippen LogP contribution in [0, 0.1) is 0 Å². The summed E-state index contributed by atoms with van der Waals surface area (Å²) in [5, 5.41) is 7.65. The highest BCUT2D eigenvalue weighted by Crippen LogP contribution is 2.15. The van der Waals surface area contributed by atoms with Crippen molar-refractivity contribution in [2.45, 2.75) is 0 Å². The quantitative estimate of drug-likeness (QED) is 0.771. The lowest BCUT2D eigenvalue weighted by Gasteiger charge is -2.00. The summed E-state index contributed by atoms with van der Waals surface area (Å²) >= 11 is 0. The van der Waals surface area contributed by atoms with Crippen LogP contribution in [0.1, 0.15) is 10.4 Å². The standard InChI is InChI=1S/C10H8N4O/c11-10(15)8-4-7(5-12-6-8)9-2-1-3-13-14-9/h1-6H,(H2,11,15). The fourth-order valence-corrected chi connectivity index (χ4v) is 1.17. The number of carbonyl (C=O) groups excluding carboxylic acids is 1. The Morgan fingerprint density at radius 3 is 2.87 bits per heavy atom. The lowest BCUT2D eigenvalue weighted by molar-refractivity contribution is 0.1000. The van der Waals surface area contributed by atoms with Crippen molar-refractivity contribution >= 4 is 5.91 Å². The van der Waals surface area contributed by atoms with E-state index in [1.165, 1.54) is 6.20 Å². The third-order valence-electron chi connectivity index (χ3n) is 1.89. The molecule has 0 bridgehead atoms. The summed E-state index contributed by atoms with van der Waals surface area (Å²) in [6.07, 6.45) is 4.60. The van der Waals surface area contributed by atoms with E-state index in [4.69, 9.17) is 5.73 Å². The Bertz CT molecular complexity index is 484. The first-order chi connectivity index (χ1) is 7.27. The summed E-state index contributed by atoms with van der Waals surface area (Å²) in [5.74, 6) is -0.506. The van der Waals surface area contributed by atoms with Gasteiger partial charge in [0.25, 0.3) is 0 Å². The van der Waals surface area contributed by atoms with Crippen LogP contribution in [0.25, 0.3) is 11.3 Å². The van der Waals surface area contributed by atoms with Gasteiger partial charge in [-0.2, -0.15) is 10.2 Å². The van der Waals surface area contributed by atoms with Gasteiger partial charge in [-0.25, -0.2) is 0 Å². The molecule has 0 radical (unpaired) electrons. The topological polar surface area (TPSA) is 81.8 Å². The summed E-state index contributed by atoms with van der Waals surface area (Å²) < 4.78 is 0. The minimum Gasteiger partial charge on any atom is -0.366 e. The number of hydrogen-bond acceptors (Lipinski definition) is 4. The van der Waals surface area contributed by atoms with Gasteiger partial charge in [0.2, 0.25) is 5.91 Å². The lowest BCUT2D eigenvalue weighted by atomic mass is 10.1. The molecule has 5 heteroatoms. The van der Waals surface area contributed by atoms with Crippen LogP contribution in [0.5, 0.6) is 0 Å². The SMILES string of the molecule is NC(=O)c1cncc(-c2cccnn2)c1. The fraction of sp³-hybridized carbons (Fsp3) is 0. The van der Waals surface area contributed by atoms with Crippen molar-refractivity contribution in [3.8, 4) is 11.3 Å². The van der Waals surface area contributed by atoms with Gasteiger partial charge in [0.05, 0.1) is 11.3 Å². The molecule has 2 heterocycles. The van der Waals surface area contributed by atoms with Gasteiger partial charge in [-0.15, -0.1) is 0 Å². The highest BCUT2D eigenvalue weighted by Gasteiger charge is 2.04. The Morgan fingerprint density at radius 1 is 1.33 bits per heavy atom. The highest BCUT2D eigenvalue weighted by atomic mass is 16.1. The third-order valence-corrected chi connectivity index (χ3v) is 1.89. The predicted octanol–water partition coefficient (Wildman–Crippen LogP) is 0.637. The second-order valence-corrected chi connectivity index (χ2v) is 2.94. The molecule has 74 valence electrons. The van der Waals surface area contributed by atoms with Crippen LogP contribution in [-0.2, 0) is 0 Å². The summed E-state index contributed by atoms with van der Waals surface area (Å²) in [7, 11) is 0. The molecule has 2 aromatic heterocycles. The first-order valence-electron chi connectivity index (χ1n) is 4.30. The van der Waals surface area contributed by atoms with Crippen LogP contribution in [-0.4, -0.2) is 21.1 Å². The Morgan fingerprint density at radius 2 is 2.20 bits per heavy atom. The normalized spacial score (nSPS) is 9.87. The van der Waals surface area contributed by atoms with Crippen molar-refractivity contribution in [2.75, 3.05) is 0 Å². The number of hydrogen-bond donors (Lipinski definition) is 1. The van der Waals surface area contributed by atoms with E-state index in [-0.39, 0.29) is 0 Å². The van der Waals surface area contributed by atoms with Crippen LogP contribution >= 0.6 is 0 Å². The van der Waals surface area contributed by atoms with Crippen molar-refractivity contribution < 1.29 is 4.79 Å². The summed E-state index contributed by atoms with van der Waals surface area (Å²) in [6, 6.07) is 5.19. The van der Waals surface area contributed by atoms with Crippen molar-refractivity contribution in [3.63, 3.8) is 0 Å². The third kappa shape index (κ3) is 1.96. The van der Waals surface area contributed by atoms with Gasteiger partial charge in [-0.05, 0) is 18.2 Å². The molecule has 0 aromatic carbocycles. The van der Waals surface area contributed by atoms with Crippen molar-refractivity contribution in [2.24, 2.45) is 5.73 Å². The molecule has 5 nitrogen and oxygen atoms in total. The minimum atomic E-state index is -0.506. The van der Waals surface area contributed by atoms with Crippen LogP contribution in [0.3, 0.4) is 0 Å². The van der Waals surface area contributed by atoms with E-state index < -0.39 is 5.91 Å². The van der Waals surface area contributed by atoms with E-state index in [1.807, 2.05) is 0 Å². The van der Waals surface area contributed by atoms with Gasteiger partial charge in [-0.3, -0.25) is 9.78 Å². The molecule has 0 unspecified atom stereocenters. The fourth-order valence-electron chi connectivity index (χ4n) is 1.17. The molecule has 0 spiro atoms. The molecule has 0 saturated heterocycles. The number of pyridine rings is 1. The number of nitrogens with two attached hydrogens (primary N) is 1. The van der Waals surface area contributed by atoms with Crippen molar-refractivity contribution in [1.82, 2.24) is 15.2 Å². The molecule has 0 saturated carbocycles. The van der Waals surface area contributed by atoms with E-state index in [0.29, 0.717) is 11.3 Å². The maximum Gasteiger partial charge on any atom is 0.250 e. The molecular weight excluding hydrogens is 192 g/mol. The molecule has 0 fully saturated rings. The minimum absolute atomic E-state index is 0.359. The molecule has 2 rings (SSSR count). The van der Waals surface area contributed by atoms with Gasteiger partial charge in [0.15, 0.2) is 0 Å². The average Bonchev–Trinajstić information content (AvgIpc) is 2.30. The first kappa shape index (κ1) is 9.26. The lowest BCUT2D eigenvalue weighted by Crippen LogP contribution is -2.11. The predicted molar refractivity (Wildman–Crippen MR) is 53.8 cm³/mol. The molecule has 2 aromatic rings. The number of primary amides is 1. The first-order valence-corrected chi connectivity index (χ1v) is 4.30. The Hall–Kier alpha value is -2.30. The maximum absolute atomic E-state index is 10.9. The zero-order chi connectivity index (χ0) is 10.7. The zero-order valence-corrected chi connectivity index (χ0v) is 7.79. The van der Waals surface area contributed by atoms with Crippen LogP contribution < -0.4 is 5.73 Å². The number of rotatable bonds is 2. The van der Waals surface area contributed by atoms with Gasteiger partial charge in [0.1, 0.15) is 0 Å². The highest BCUT2D eigenvalue weighted by molar-refractivity contribution is 5.93. The second-order valence-electron chi connectivity index (χ2n) is 2.94. The van der Waals surface area contributed by atoms with Crippen molar-refractivity contribution in [3.05, 3.63) is 42.4 Å². The van der Waals surface area contributed by atoms with Crippen LogP contribution in [0.2, 0.25) is 0 Å². The van der Waals surface area contributed by atoms with Gasteiger partial charge < -0.3 is 5.73 Å². The van der Waals surface area contributed by atoms with Crippen molar-refractivity contribution in [1.29, 1.82) is 0 Å². The molecule has 0 aliphatic rings. The van der Waals surface area contributed by atoms with Crippen LogP contribution in [0.15, 0.2) is 36.8 Å². The second kappa shape index (κ2) is 3.83. The molecule has 15 heavy (non-hydrogen) atoms. The number of nitrogens with zero attached hydrogens (tertiary/aromatic N) is 3. The van der Waals surface area contributed by atoms with E-state index >= 15 is 0 Å². The Labute approximate surface area is 86.0 Å². The van der Waals surface area contributed by atoms with E-state index in [2.05, 4.69) is 15.2 Å². The molecule has 0 atom stereocenters. The van der Waals surface area contributed by atoms with E-state index in [0.717, 1.165) is 5.56 Å². The van der Waals surface area contributed by atoms with E-state index in [9.17, 15) is 4.79 Å². The number of aromatic nitrogens is 3. The number of amides is 1. The number of carbonyl (C=O) groups is 1. The largest absolute Gasteiger partial charge is 0.366 e. The summed E-state index contributed by atoms with van der Waals surface area (Å²) in [4.78, 5) is 14.8. The smallest absolute Gasteiger partial charge is 0.250 e. The van der Waals surface area contributed by atoms with Gasteiger partial charge >= 0.3 is 0 Å². The molecule has 0 aliphatic heterocycles. The maximum atomic E-state index is 10.9. The molecule has 0 aliphatic carbocycles. The Kier molecular flexibility index (Phi) is 2.37. The summed E-state index contributed by atoms with van der Waals surface area (Å²) in [6.45, 7) is 0.